The second-order valence-electron chi connectivity index (χ2n) is 7.36. The van der Waals surface area contributed by atoms with Crippen LogP contribution in [0.2, 0.25) is 0 Å². The summed E-state index contributed by atoms with van der Waals surface area (Å²) in [4.78, 5) is 23.8. The molecule has 0 spiro atoms. The van der Waals surface area contributed by atoms with Crippen LogP contribution in [0.15, 0.2) is 59.5 Å². The normalized spacial score (nSPS) is 13.5. The number of pyridine rings is 1. The van der Waals surface area contributed by atoms with Crippen molar-refractivity contribution in [2.75, 3.05) is 13.1 Å². The third-order valence-corrected chi connectivity index (χ3v) is 5.86. The highest BCUT2D eigenvalue weighted by Crippen LogP contribution is 2.24. The molecule has 1 amide bonds. The monoisotopic (exact) mass is 413 g/mol. The van der Waals surface area contributed by atoms with Gasteiger partial charge in [0.15, 0.2) is 0 Å². The molecule has 0 N–H and O–H groups in total. The first-order valence-electron chi connectivity index (χ1n) is 10.0. The summed E-state index contributed by atoms with van der Waals surface area (Å²) in [6, 6.07) is 13.6. The van der Waals surface area contributed by atoms with Crippen LogP contribution in [0.4, 0.5) is 0 Å². The van der Waals surface area contributed by atoms with Gasteiger partial charge in [-0.15, -0.1) is 11.3 Å². The first kappa shape index (κ1) is 20.1. The number of aromatic nitrogens is 2. The number of amides is 1. The number of carbonyl (C=O) groups is 1. The zero-order valence-electron chi connectivity index (χ0n) is 17.2. The quantitative estimate of drug-likeness (QED) is 0.553. The number of carbonyl (C=O) groups excluding carboxylic acids is 1. The van der Waals surface area contributed by atoms with Crippen molar-refractivity contribution in [2.24, 2.45) is 0 Å². The molecule has 1 aromatic carbocycles. The Morgan fingerprint density at radius 1 is 1.10 bits per heavy atom. The van der Waals surface area contributed by atoms with Crippen LogP contribution in [0.1, 0.15) is 39.6 Å². The topological polar surface area (TPSA) is 46.1 Å². The fraction of sp³-hybridized carbons (Fsp3) is 0.240. The van der Waals surface area contributed by atoms with Crippen molar-refractivity contribution in [1.82, 2.24) is 14.9 Å². The molecule has 0 bridgehead atoms. The van der Waals surface area contributed by atoms with Crippen molar-refractivity contribution in [3.63, 3.8) is 0 Å². The van der Waals surface area contributed by atoms with Gasteiger partial charge >= 0.3 is 0 Å². The maximum Gasteiger partial charge on any atom is 0.253 e. The van der Waals surface area contributed by atoms with Gasteiger partial charge in [-0.1, -0.05) is 29.7 Å². The molecule has 0 radical (unpaired) electrons. The lowest BCUT2D eigenvalue weighted by atomic mass is 10.0. The largest absolute Gasteiger partial charge is 0.338 e. The van der Waals surface area contributed by atoms with Gasteiger partial charge in [0.05, 0.1) is 10.7 Å². The van der Waals surface area contributed by atoms with Crippen molar-refractivity contribution in [3.8, 4) is 23.1 Å². The number of piperidine rings is 1. The average Bonchev–Trinajstić information content (AvgIpc) is 3.20. The smallest absolute Gasteiger partial charge is 0.253 e. The van der Waals surface area contributed by atoms with Crippen molar-refractivity contribution in [2.45, 2.75) is 26.7 Å². The molecule has 1 saturated heterocycles. The van der Waals surface area contributed by atoms with Gasteiger partial charge < -0.3 is 4.90 Å². The second kappa shape index (κ2) is 9.06. The third-order valence-electron chi connectivity index (χ3n) is 5.08. The highest BCUT2D eigenvalue weighted by molar-refractivity contribution is 7.09. The van der Waals surface area contributed by atoms with E-state index in [0.717, 1.165) is 59.1 Å². The van der Waals surface area contributed by atoms with E-state index in [-0.39, 0.29) is 5.91 Å². The molecule has 1 fully saturated rings. The van der Waals surface area contributed by atoms with Crippen molar-refractivity contribution in [1.29, 1.82) is 0 Å². The Bertz CT molecular complexity index is 1160. The van der Waals surface area contributed by atoms with Gasteiger partial charge in [0.25, 0.3) is 5.91 Å². The summed E-state index contributed by atoms with van der Waals surface area (Å²) in [5.41, 5.74) is 5.67. The zero-order chi connectivity index (χ0) is 20.9. The summed E-state index contributed by atoms with van der Waals surface area (Å²) in [6.07, 6.45) is 3.69. The second-order valence-corrected chi connectivity index (χ2v) is 8.42. The van der Waals surface area contributed by atoms with E-state index in [1.165, 1.54) is 5.57 Å². The van der Waals surface area contributed by atoms with Crippen LogP contribution >= 0.6 is 11.3 Å². The number of thiazole rings is 1. The first-order valence-corrected chi connectivity index (χ1v) is 10.9. The Kier molecular flexibility index (Phi) is 6.06. The van der Waals surface area contributed by atoms with Crippen LogP contribution in [0.3, 0.4) is 0 Å². The van der Waals surface area contributed by atoms with Crippen LogP contribution in [0, 0.1) is 25.7 Å². The maximum absolute atomic E-state index is 13.0. The molecule has 4 rings (SSSR count). The highest BCUT2D eigenvalue weighted by atomic mass is 32.1. The van der Waals surface area contributed by atoms with Gasteiger partial charge in [0.2, 0.25) is 0 Å². The SMILES string of the molecule is Cc1cccc(C#CC=C2CCN(C(=O)c3cccc(-c4csc(C)n4)c3)CC2)n1. The lowest BCUT2D eigenvalue weighted by molar-refractivity contribution is 0.0743. The standard InChI is InChI=1S/C25H23N3OS/c1-18-6-3-10-23(26-18)11-4-7-20-12-14-28(15-13-20)25(29)22-9-5-8-21(16-22)24-17-30-19(2)27-24/h3,5-10,16-17H,12-15H2,1-2H3. The van der Waals surface area contributed by atoms with Crippen LogP contribution in [0.5, 0.6) is 0 Å². The fourth-order valence-electron chi connectivity index (χ4n) is 3.46. The lowest BCUT2D eigenvalue weighted by Crippen LogP contribution is -2.36. The molecule has 3 aromatic rings. The van der Waals surface area contributed by atoms with E-state index in [2.05, 4.69) is 21.8 Å². The van der Waals surface area contributed by atoms with E-state index >= 15 is 0 Å². The van der Waals surface area contributed by atoms with Crippen LogP contribution in [-0.4, -0.2) is 33.9 Å². The zero-order valence-corrected chi connectivity index (χ0v) is 18.0. The summed E-state index contributed by atoms with van der Waals surface area (Å²) < 4.78 is 0. The fourth-order valence-corrected chi connectivity index (χ4v) is 4.08. The molecule has 4 nitrogen and oxygen atoms in total. The molecule has 0 unspecified atom stereocenters. The van der Waals surface area contributed by atoms with Gasteiger partial charge in [-0.3, -0.25) is 4.79 Å². The number of rotatable bonds is 2. The summed E-state index contributed by atoms with van der Waals surface area (Å²) in [5.74, 6) is 6.29. The molecular weight excluding hydrogens is 390 g/mol. The number of allylic oxidation sites excluding steroid dienone is 1. The van der Waals surface area contributed by atoms with E-state index in [1.807, 2.05) is 72.7 Å². The van der Waals surface area contributed by atoms with Crippen molar-refractivity contribution in [3.05, 3.63) is 81.5 Å². The van der Waals surface area contributed by atoms with E-state index in [0.29, 0.717) is 0 Å². The number of hydrogen-bond acceptors (Lipinski definition) is 4. The van der Waals surface area contributed by atoms with E-state index in [1.54, 1.807) is 11.3 Å². The van der Waals surface area contributed by atoms with Gasteiger partial charge in [0, 0.05) is 35.3 Å². The Morgan fingerprint density at radius 2 is 1.90 bits per heavy atom. The number of likely N-dealkylation sites (tertiary alicyclic amines) is 1. The molecule has 1 aliphatic rings. The summed E-state index contributed by atoms with van der Waals surface area (Å²) in [5, 5.41) is 3.06. The minimum Gasteiger partial charge on any atom is -0.338 e. The number of benzene rings is 1. The Labute approximate surface area is 181 Å². The Hall–Kier alpha value is -3.23. The lowest BCUT2D eigenvalue weighted by Gasteiger charge is -2.28. The molecule has 150 valence electrons. The van der Waals surface area contributed by atoms with E-state index < -0.39 is 0 Å². The van der Waals surface area contributed by atoms with Crippen molar-refractivity contribution >= 4 is 17.2 Å². The Morgan fingerprint density at radius 3 is 2.63 bits per heavy atom. The molecule has 0 saturated carbocycles. The maximum atomic E-state index is 13.0. The molecule has 1 aliphatic heterocycles. The number of nitrogens with zero attached hydrogens (tertiary/aromatic N) is 3. The average molecular weight is 414 g/mol. The van der Waals surface area contributed by atoms with Gasteiger partial charge in [-0.25, -0.2) is 9.97 Å². The molecule has 3 heterocycles. The van der Waals surface area contributed by atoms with Crippen LogP contribution in [0.25, 0.3) is 11.3 Å². The molecule has 0 atom stereocenters. The molecule has 0 aliphatic carbocycles. The van der Waals surface area contributed by atoms with E-state index in [4.69, 9.17) is 0 Å². The number of aryl methyl sites for hydroxylation is 2. The third kappa shape index (κ3) is 4.84. The summed E-state index contributed by atoms with van der Waals surface area (Å²) in [7, 11) is 0. The highest BCUT2D eigenvalue weighted by Gasteiger charge is 2.20. The number of hydrogen-bond donors (Lipinski definition) is 0. The predicted octanol–water partition coefficient (Wildman–Crippen LogP) is 5.04. The molecule has 2 aromatic heterocycles. The molecule has 30 heavy (non-hydrogen) atoms. The minimum absolute atomic E-state index is 0.0814. The Balaban J connectivity index is 1.39. The van der Waals surface area contributed by atoms with Gasteiger partial charge in [0.1, 0.15) is 5.69 Å². The van der Waals surface area contributed by atoms with Crippen LogP contribution in [-0.2, 0) is 0 Å². The minimum atomic E-state index is 0.0814. The first-order chi connectivity index (χ1) is 14.6. The van der Waals surface area contributed by atoms with Crippen molar-refractivity contribution < 1.29 is 4.79 Å². The summed E-state index contributed by atoms with van der Waals surface area (Å²) >= 11 is 1.62. The van der Waals surface area contributed by atoms with E-state index in [9.17, 15) is 4.79 Å². The van der Waals surface area contributed by atoms with Gasteiger partial charge in [-0.2, -0.15) is 0 Å². The molecule has 5 heteroatoms. The van der Waals surface area contributed by atoms with Gasteiger partial charge in [-0.05, 0) is 63.0 Å². The molecular formula is C25H23N3OS. The predicted molar refractivity (Wildman–Crippen MR) is 121 cm³/mol. The van der Waals surface area contributed by atoms with Crippen LogP contribution < -0.4 is 0 Å². The summed E-state index contributed by atoms with van der Waals surface area (Å²) in [6.45, 7) is 5.39.